The lowest BCUT2D eigenvalue weighted by Gasteiger charge is -2.26. The second-order valence-corrected chi connectivity index (χ2v) is 9.98. The van der Waals surface area contributed by atoms with Crippen molar-refractivity contribution in [3.05, 3.63) is 145 Å². The van der Waals surface area contributed by atoms with Gasteiger partial charge < -0.3 is 4.74 Å². The molecule has 0 fully saturated rings. The van der Waals surface area contributed by atoms with Crippen LogP contribution in [0.2, 0.25) is 0 Å². The van der Waals surface area contributed by atoms with E-state index >= 15 is 0 Å². The molecule has 174 valence electrons. The first-order chi connectivity index (χ1) is 18.4. The Bertz CT molecular complexity index is 1850. The largest absolute Gasteiger partial charge is 0.484 e. The molecule has 0 aromatic heterocycles. The van der Waals surface area contributed by atoms with Crippen LogP contribution in [0.3, 0.4) is 0 Å². The van der Waals surface area contributed by atoms with Gasteiger partial charge in [0.15, 0.2) is 0 Å². The van der Waals surface area contributed by atoms with Gasteiger partial charge >= 0.3 is 0 Å². The molecule has 37 heavy (non-hydrogen) atoms. The molecule has 1 heterocycles. The van der Waals surface area contributed by atoms with E-state index in [1.54, 1.807) is 0 Å². The monoisotopic (exact) mass is 472 g/mol. The van der Waals surface area contributed by atoms with E-state index in [9.17, 15) is 0 Å². The van der Waals surface area contributed by atoms with Gasteiger partial charge in [0.1, 0.15) is 11.9 Å². The molecule has 8 rings (SSSR count). The number of fused-ring (bicyclic) bond motifs is 7. The smallest absolute Gasteiger partial charge is 0.132 e. The van der Waals surface area contributed by atoms with Crippen molar-refractivity contribution in [2.24, 2.45) is 0 Å². The van der Waals surface area contributed by atoms with Crippen LogP contribution in [0.25, 0.3) is 49.0 Å². The van der Waals surface area contributed by atoms with Gasteiger partial charge in [-0.1, -0.05) is 127 Å². The predicted molar refractivity (Wildman–Crippen MR) is 155 cm³/mol. The summed E-state index contributed by atoms with van der Waals surface area (Å²) in [6, 6.07) is 41.6. The Kier molecular flexibility index (Phi) is 4.41. The molecule has 6 aromatic rings. The quantitative estimate of drug-likeness (QED) is 0.228. The van der Waals surface area contributed by atoms with Crippen molar-refractivity contribution in [3.8, 4) is 16.9 Å². The molecular weight excluding hydrogens is 448 g/mol. The third-order valence-electron chi connectivity index (χ3n) is 8.02. The van der Waals surface area contributed by atoms with E-state index < -0.39 is 0 Å². The van der Waals surface area contributed by atoms with Gasteiger partial charge in [0.05, 0.1) is 5.92 Å². The van der Waals surface area contributed by atoms with Crippen LogP contribution in [0, 0.1) is 0 Å². The average Bonchev–Trinajstić information content (AvgIpc) is 3.36. The molecule has 2 aliphatic rings. The van der Waals surface area contributed by atoms with Crippen LogP contribution in [-0.2, 0) is 0 Å². The summed E-state index contributed by atoms with van der Waals surface area (Å²) in [5, 5.41) is 7.55. The number of rotatable bonds is 2. The van der Waals surface area contributed by atoms with Crippen molar-refractivity contribution in [3.63, 3.8) is 0 Å². The Morgan fingerprint density at radius 1 is 0.514 bits per heavy atom. The molecule has 0 amide bonds. The van der Waals surface area contributed by atoms with E-state index in [2.05, 4.69) is 133 Å². The highest BCUT2D eigenvalue weighted by atomic mass is 16.5. The van der Waals surface area contributed by atoms with Crippen LogP contribution in [0.4, 0.5) is 0 Å². The fraction of sp³-hybridized carbons (Fsp3) is 0.0556. The normalized spacial score (nSPS) is 18.0. The molecule has 1 aliphatic carbocycles. The zero-order chi connectivity index (χ0) is 24.3. The summed E-state index contributed by atoms with van der Waals surface area (Å²) in [6.45, 7) is 0. The van der Waals surface area contributed by atoms with Crippen molar-refractivity contribution < 1.29 is 4.74 Å². The Balaban J connectivity index is 1.44. The zero-order valence-electron chi connectivity index (χ0n) is 20.3. The molecule has 1 nitrogen and oxygen atoms in total. The number of hydrogen-bond acceptors (Lipinski definition) is 1. The van der Waals surface area contributed by atoms with Crippen LogP contribution in [0.15, 0.2) is 133 Å². The summed E-state index contributed by atoms with van der Waals surface area (Å²) in [5.41, 5.74) is 6.47. The summed E-state index contributed by atoms with van der Waals surface area (Å²) in [6.07, 6.45) is 6.70. The number of ether oxygens (including phenoxy) is 1. The molecule has 2 unspecified atom stereocenters. The van der Waals surface area contributed by atoms with Crippen LogP contribution in [-0.4, -0.2) is 6.10 Å². The third kappa shape index (κ3) is 2.98. The fourth-order valence-corrected chi connectivity index (χ4v) is 6.48. The number of hydrogen-bond donors (Lipinski definition) is 0. The first-order valence-electron chi connectivity index (χ1n) is 12.9. The first kappa shape index (κ1) is 20.6. The summed E-state index contributed by atoms with van der Waals surface area (Å²) < 4.78 is 6.67. The molecule has 6 aromatic carbocycles. The van der Waals surface area contributed by atoms with Crippen LogP contribution in [0.1, 0.15) is 17.0 Å². The highest BCUT2D eigenvalue weighted by Gasteiger charge is 2.39. The topological polar surface area (TPSA) is 9.23 Å². The average molecular weight is 473 g/mol. The maximum atomic E-state index is 6.67. The van der Waals surface area contributed by atoms with E-state index in [1.165, 1.54) is 60.1 Å². The highest BCUT2D eigenvalue weighted by Crippen LogP contribution is 2.53. The van der Waals surface area contributed by atoms with E-state index in [-0.39, 0.29) is 12.0 Å². The second kappa shape index (κ2) is 7.94. The maximum absolute atomic E-state index is 6.67. The fourth-order valence-electron chi connectivity index (χ4n) is 6.48. The van der Waals surface area contributed by atoms with E-state index in [1.807, 2.05) is 0 Å². The van der Waals surface area contributed by atoms with Crippen molar-refractivity contribution in [2.75, 3.05) is 0 Å². The van der Waals surface area contributed by atoms with Crippen molar-refractivity contribution in [1.29, 1.82) is 0 Å². The molecule has 0 saturated heterocycles. The number of benzene rings is 6. The predicted octanol–water partition coefficient (Wildman–Crippen LogP) is 9.31. The highest BCUT2D eigenvalue weighted by molar-refractivity contribution is 6.19. The molecule has 1 aliphatic heterocycles. The lowest BCUT2D eigenvalue weighted by molar-refractivity contribution is 0.274. The lowest BCUT2D eigenvalue weighted by Crippen LogP contribution is -2.19. The summed E-state index contributed by atoms with van der Waals surface area (Å²) in [5.74, 6) is 1.18. The van der Waals surface area contributed by atoms with Crippen LogP contribution >= 0.6 is 0 Å². The molecule has 0 N–H and O–H groups in total. The van der Waals surface area contributed by atoms with Gasteiger partial charge in [-0.25, -0.2) is 0 Å². The van der Waals surface area contributed by atoms with E-state index in [0.717, 1.165) is 5.75 Å². The van der Waals surface area contributed by atoms with Crippen molar-refractivity contribution in [1.82, 2.24) is 0 Å². The van der Waals surface area contributed by atoms with Crippen molar-refractivity contribution >= 4 is 37.9 Å². The molecule has 2 atom stereocenters. The van der Waals surface area contributed by atoms with Gasteiger partial charge in [-0.2, -0.15) is 0 Å². The van der Waals surface area contributed by atoms with Gasteiger partial charge in [0, 0.05) is 10.9 Å². The Hall–Kier alpha value is -4.62. The summed E-state index contributed by atoms with van der Waals surface area (Å²) in [7, 11) is 0. The first-order valence-corrected chi connectivity index (χ1v) is 12.9. The molecule has 0 saturated carbocycles. The Morgan fingerprint density at radius 3 is 1.81 bits per heavy atom. The molecule has 0 radical (unpaired) electrons. The molecular formula is C36H24O. The van der Waals surface area contributed by atoms with Gasteiger partial charge in [-0.3, -0.25) is 0 Å². The Labute approximate surface area is 216 Å². The van der Waals surface area contributed by atoms with Gasteiger partial charge in [-0.15, -0.1) is 0 Å². The standard InChI is InChI=1S/C36H24O/c1-2-12-24(13-3-1)33-26-15-6-8-17-28(26)34(29-18-9-7-16-27(29)33)30-19-10-20-32-35(30)31-22-21-23-11-4-5-14-25(23)36(31)37-32/h1-22,32,35H. The third-order valence-corrected chi connectivity index (χ3v) is 8.02. The summed E-state index contributed by atoms with van der Waals surface area (Å²) in [4.78, 5) is 0. The van der Waals surface area contributed by atoms with Gasteiger partial charge in [-0.05, 0) is 55.3 Å². The number of allylic oxidation sites excluding steroid dienone is 2. The second-order valence-electron chi connectivity index (χ2n) is 9.98. The minimum Gasteiger partial charge on any atom is -0.484 e. The maximum Gasteiger partial charge on any atom is 0.132 e. The Morgan fingerprint density at radius 2 is 1.11 bits per heavy atom. The van der Waals surface area contributed by atoms with E-state index in [4.69, 9.17) is 4.74 Å². The summed E-state index contributed by atoms with van der Waals surface area (Å²) >= 11 is 0. The van der Waals surface area contributed by atoms with E-state index in [0.29, 0.717) is 0 Å². The minimum absolute atomic E-state index is 0.00729. The van der Waals surface area contributed by atoms with Gasteiger partial charge in [0.2, 0.25) is 0 Å². The van der Waals surface area contributed by atoms with Crippen LogP contribution < -0.4 is 4.74 Å². The minimum atomic E-state index is -0.00729. The van der Waals surface area contributed by atoms with Gasteiger partial charge in [0.25, 0.3) is 0 Å². The molecule has 0 bridgehead atoms. The zero-order valence-corrected chi connectivity index (χ0v) is 20.3. The van der Waals surface area contributed by atoms with Crippen molar-refractivity contribution in [2.45, 2.75) is 12.0 Å². The molecule has 0 spiro atoms. The molecule has 1 heteroatoms. The SMILES string of the molecule is C1=CC2Oc3c(ccc4ccccc34)C2C(c2c3ccccc3c(-c3ccccc3)c3ccccc23)=C1. The lowest BCUT2D eigenvalue weighted by atomic mass is 9.77. The van der Waals surface area contributed by atoms with Crippen LogP contribution in [0.5, 0.6) is 5.75 Å².